The predicted octanol–water partition coefficient (Wildman–Crippen LogP) is 2.18. The van der Waals surface area contributed by atoms with E-state index < -0.39 is 0 Å². The van der Waals surface area contributed by atoms with E-state index in [2.05, 4.69) is 29.6 Å². The highest BCUT2D eigenvalue weighted by atomic mass is 16.1. The van der Waals surface area contributed by atoms with Gasteiger partial charge in [-0.2, -0.15) is 0 Å². The van der Waals surface area contributed by atoms with Gasteiger partial charge in [0.15, 0.2) is 0 Å². The van der Waals surface area contributed by atoms with Crippen LogP contribution in [0.25, 0.3) is 0 Å². The summed E-state index contributed by atoms with van der Waals surface area (Å²) in [4.78, 5) is 12.3. The fourth-order valence-corrected chi connectivity index (χ4v) is 2.97. The molecule has 0 fully saturated rings. The van der Waals surface area contributed by atoms with Crippen LogP contribution in [-0.2, 0) is 11.2 Å². The molecule has 3 heteroatoms. The van der Waals surface area contributed by atoms with E-state index in [1.807, 2.05) is 30.3 Å². The van der Waals surface area contributed by atoms with Gasteiger partial charge in [-0.25, -0.2) is 0 Å². The zero-order chi connectivity index (χ0) is 14.7. The molecule has 2 atom stereocenters. The summed E-state index contributed by atoms with van der Waals surface area (Å²) in [5.41, 5.74) is 9.51. The molecule has 0 saturated heterocycles. The average Bonchev–Trinajstić information content (AvgIpc) is 2.50. The summed E-state index contributed by atoms with van der Waals surface area (Å²) in [5, 5.41) is 3.06. The molecule has 1 aliphatic rings. The smallest absolute Gasteiger partial charge is 0.228 e. The lowest BCUT2D eigenvalue weighted by Crippen LogP contribution is -2.38. The lowest BCUT2D eigenvalue weighted by atomic mass is 9.77. The SMILES string of the molecule is NCC(C(=O)NCC1Cc2ccccc21)c1ccccc1. The lowest BCUT2D eigenvalue weighted by Gasteiger charge is -2.30. The Morgan fingerprint density at radius 1 is 1.14 bits per heavy atom. The van der Waals surface area contributed by atoms with Crippen LogP contribution in [0.4, 0.5) is 0 Å². The number of hydrogen-bond acceptors (Lipinski definition) is 2. The molecular weight excluding hydrogens is 260 g/mol. The molecule has 108 valence electrons. The summed E-state index contributed by atoms with van der Waals surface area (Å²) < 4.78 is 0. The van der Waals surface area contributed by atoms with Gasteiger partial charge in [0.25, 0.3) is 0 Å². The van der Waals surface area contributed by atoms with Gasteiger partial charge < -0.3 is 11.1 Å². The summed E-state index contributed by atoms with van der Waals surface area (Å²) >= 11 is 0. The first-order chi connectivity index (χ1) is 10.3. The first kappa shape index (κ1) is 13.8. The Hall–Kier alpha value is -2.13. The van der Waals surface area contributed by atoms with Crippen LogP contribution < -0.4 is 11.1 Å². The molecule has 2 unspecified atom stereocenters. The average molecular weight is 280 g/mol. The summed E-state index contributed by atoms with van der Waals surface area (Å²) in [6.45, 7) is 1.02. The third kappa shape index (κ3) is 2.83. The summed E-state index contributed by atoms with van der Waals surface area (Å²) in [6, 6.07) is 18.1. The quantitative estimate of drug-likeness (QED) is 0.882. The van der Waals surface area contributed by atoms with Gasteiger partial charge in [0.2, 0.25) is 5.91 Å². The highest BCUT2D eigenvalue weighted by Gasteiger charge is 2.27. The van der Waals surface area contributed by atoms with Gasteiger partial charge in [0.1, 0.15) is 0 Å². The van der Waals surface area contributed by atoms with E-state index in [9.17, 15) is 4.79 Å². The van der Waals surface area contributed by atoms with Crippen molar-refractivity contribution in [2.45, 2.75) is 18.3 Å². The van der Waals surface area contributed by atoms with Crippen molar-refractivity contribution >= 4 is 5.91 Å². The van der Waals surface area contributed by atoms with E-state index in [1.165, 1.54) is 11.1 Å². The summed E-state index contributed by atoms with van der Waals surface area (Å²) in [5.74, 6) is 0.203. The van der Waals surface area contributed by atoms with Crippen molar-refractivity contribution < 1.29 is 4.79 Å². The maximum absolute atomic E-state index is 12.3. The minimum absolute atomic E-state index is 0.0214. The van der Waals surface area contributed by atoms with Gasteiger partial charge in [-0.15, -0.1) is 0 Å². The molecule has 0 spiro atoms. The molecule has 1 aliphatic carbocycles. The second-order valence-corrected chi connectivity index (χ2v) is 5.54. The minimum atomic E-state index is -0.262. The van der Waals surface area contributed by atoms with Crippen molar-refractivity contribution in [2.24, 2.45) is 5.73 Å². The van der Waals surface area contributed by atoms with Gasteiger partial charge in [0, 0.05) is 19.0 Å². The van der Waals surface area contributed by atoms with Crippen molar-refractivity contribution in [3.63, 3.8) is 0 Å². The van der Waals surface area contributed by atoms with Crippen LogP contribution in [0, 0.1) is 0 Å². The highest BCUT2D eigenvalue weighted by molar-refractivity contribution is 5.84. The van der Waals surface area contributed by atoms with Gasteiger partial charge in [0.05, 0.1) is 5.92 Å². The standard InChI is InChI=1S/C18H20N2O/c19-11-17(13-6-2-1-3-7-13)18(21)20-12-15-10-14-8-4-5-9-16(14)15/h1-9,15,17H,10-12,19H2,(H,20,21). The van der Waals surface area contributed by atoms with E-state index in [0.717, 1.165) is 12.0 Å². The van der Waals surface area contributed by atoms with Crippen molar-refractivity contribution in [1.29, 1.82) is 0 Å². The van der Waals surface area contributed by atoms with Crippen LogP contribution in [0.5, 0.6) is 0 Å². The maximum Gasteiger partial charge on any atom is 0.228 e. The topological polar surface area (TPSA) is 55.1 Å². The Labute approximate surface area is 125 Å². The highest BCUT2D eigenvalue weighted by Crippen LogP contribution is 2.34. The van der Waals surface area contributed by atoms with E-state index in [0.29, 0.717) is 19.0 Å². The molecule has 0 heterocycles. The third-order valence-electron chi connectivity index (χ3n) is 4.24. The first-order valence-electron chi connectivity index (χ1n) is 7.40. The second kappa shape index (κ2) is 6.10. The van der Waals surface area contributed by atoms with Crippen molar-refractivity contribution in [1.82, 2.24) is 5.32 Å². The number of nitrogens with two attached hydrogens (primary N) is 1. The van der Waals surface area contributed by atoms with Crippen molar-refractivity contribution in [3.8, 4) is 0 Å². The Balaban J connectivity index is 1.60. The van der Waals surface area contributed by atoms with Crippen molar-refractivity contribution in [3.05, 3.63) is 71.3 Å². The number of carbonyl (C=O) groups is 1. The largest absolute Gasteiger partial charge is 0.355 e. The molecule has 0 aromatic heterocycles. The van der Waals surface area contributed by atoms with Crippen LogP contribution in [0.15, 0.2) is 54.6 Å². The van der Waals surface area contributed by atoms with E-state index in [-0.39, 0.29) is 11.8 Å². The molecule has 3 N–H and O–H groups in total. The Morgan fingerprint density at radius 2 is 1.86 bits per heavy atom. The Kier molecular flexibility index (Phi) is 4.02. The number of nitrogens with one attached hydrogen (secondary N) is 1. The number of carbonyl (C=O) groups excluding carboxylic acids is 1. The summed E-state index contributed by atoms with van der Waals surface area (Å²) in [7, 11) is 0. The van der Waals surface area contributed by atoms with Crippen LogP contribution in [0.3, 0.4) is 0 Å². The van der Waals surface area contributed by atoms with Gasteiger partial charge in [-0.1, -0.05) is 54.6 Å². The van der Waals surface area contributed by atoms with Gasteiger partial charge in [-0.05, 0) is 23.1 Å². The Bertz CT molecular complexity index is 624. The molecule has 0 aliphatic heterocycles. The molecule has 0 radical (unpaired) electrons. The Morgan fingerprint density at radius 3 is 2.57 bits per heavy atom. The van der Waals surface area contributed by atoms with Crippen LogP contribution in [-0.4, -0.2) is 19.0 Å². The first-order valence-corrected chi connectivity index (χ1v) is 7.40. The predicted molar refractivity (Wildman–Crippen MR) is 84.1 cm³/mol. The van der Waals surface area contributed by atoms with Crippen LogP contribution >= 0.6 is 0 Å². The molecule has 0 bridgehead atoms. The molecule has 3 nitrogen and oxygen atoms in total. The van der Waals surface area contributed by atoms with Crippen molar-refractivity contribution in [2.75, 3.05) is 13.1 Å². The second-order valence-electron chi connectivity index (χ2n) is 5.54. The monoisotopic (exact) mass is 280 g/mol. The number of fused-ring (bicyclic) bond motifs is 1. The number of amides is 1. The zero-order valence-corrected chi connectivity index (χ0v) is 12.0. The number of rotatable bonds is 5. The number of hydrogen-bond donors (Lipinski definition) is 2. The van der Waals surface area contributed by atoms with E-state index >= 15 is 0 Å². The van der Waals surface area contributed by atoms with E-state index in [4.69, 9.17) is 5.73 Å². The van der Waals surface area contributed by atoms with Gasteiger partial charge >= 0.3 is 0 Å². The molecule has 2 aromatic carbocycles. The molecule has 21 heavy (non-hydrogen) atoms. The minimum Gasteiger partial charge on any atom is -0.355 e. The molecule has 0 saturated carbocycles. The lowest BCUT2D eigenvalue weighted by molar-refractivity contribution is -0.122. The number of benzene rings is 2. The molecule has 3 rings (SSSR count). The fraction of sp³-hybridized carbons (Fsp3) is 0.278. The van der Waals surface area contributed by atoms with Crippen LogP contribution in [0.2, 0.25) is 0 Å². The molecule has 2 aromatic rings. The zero-order valence-electron chi connectivity index (χ0n) is 12.0. The third-order valence-corrected chi connectivity index (χ3v) is 4.24. The van der Waals surface area contributed by atoms with Gasteiger partial charge in [-0.3, -0.25) is 4.79 Å². The normalized spacial score (nSPS) is 17.5. The fourth-order valence-electron chi connectivity index (χ4n) is 2.97. The van der Waals surface area contributed by atoms with Crippen LogP contribution in [0.1, 0.15) is 28.5 Å². The van der Waals surface area contributed by atoms with E-state index in [1.54, 1.807) is 0 Å². The molecule has 1 amide bonds. The summed E-state index contributed by atoms with van der Waals surface area (Å²) in [6.07, 6.45) is 1.05. The molecular formula is C18H20N2O. The maximum atomic E-state index is 12.3.